The molecule has 1 aromatic rings. The van der Waals surface area contributed by atoms with Crippen LogP contribution in [0, 0.1) is 5.82 Å². The van der Waals surface area contributed by atoms with Crippen LogP contribution >= 0.6 is 0 Å². The molecule has 1 unspecified atom stereocenters. The summed E-state index contributed by atoms with van der Waals surface area (Å²) in [5.74, 6) is -0.276. The molecule has 0 aromatic heterocycles. The first-order valence-electron chi connectivity index (χ1n) is 6.91. The zero-order valence-corrected chi connectivity index (χ0v) is 12.6. The van der Waals surface area contributed by atoms with Crippen molar-refractivity contribution >= 4 is 10.0 Å². The van der Waals surface area contributed by atoms with Crippen molar-refractivity contribution in [1.29, 1.82) is 0 Å². The van der Waals surface area contributed by atoms with Crippen LogP contribution in [-0.4, -0.2) is 20.7 Å². The normalized spacial score (nSPS) is 13.3. The molecule has 1 atom stereocenters. The number of nitrogens with one attached hydrogen (secondary N) is 1. The summed E-state index contributed by atoms with van der Waals surface area (Å²) >= 11 is 0. The molecule has 0 spiro atoms. The highest BCUT2D eigenvalue weighted by atomic mass is 32.2. The maximum absolute atomic E-state index is 12.9. The molecule has 0 radical (unpaired) electrons. The van der Waals surface area contributed by atoms with Crippen LogP contribution in [0.2, 0.25) is 0 Å². The van der Waals surface area contributed by atoms with Gasteiger partial charge in [0.15, 0.2) is 0 Å². The largest absolute Gasteiger partial charge is 0.310 e. The van der Waals surface area contributed by atoms with Crippen LogP contribution in [0.1, 0.15) is 44.2 Å². The van der Waals surface area contributed by atoms with Gasteiger partial charge in [-0.3, -0.25) is 0 Å². The molecule has 0 amide bonds. The molecule has 1 rings (SSSR count). The Morgan fingerprint density at radius 1 is 1.25 bits per heavy atom. The molecule has 0 aliphatic rings. The molecule has 0 saturated carbocycles. The molecule has 0 aliphatic heterocycles. The molecule has 0 saturated heterocycles. The number of unbranched alkanes of at least 4 members (excludes halogenated alkanes) is 1. The second kappa shape index (κ2) is 8.34. The lowest BCUT2D eigenvalue weighted by molar-refractivity contribution is 0.479. The van der Waals surface area contributed by atoms with E-state index in [4.69, 9.17) is 5.14 Å². The van der Waals surface area contributed by atoms with Crippen molar-refractivity contribution in [1.82, 2.24) is 5.32 Å². The van der Waals surface area contributed by atoms with Crippen molar-refractivity contribution in [3.63, 3.8) is 0 Å². The lowest BCUT2D eigenvalue weighted by atomic mass is 10.0. The van der Waals surface area contributed by atoms with Gasteiger partial charge in [0.2, 0.25) is 10.0 Å². The van der Waals surface area contributed by atoms with E-state index in [0.29, 0.717) is 13.0 Å². The quantitative estimate of drug-likeness (QED) is 0.688. The molecular formula is C14H23FN2O2S. The zero-order chi connectivity index (χ0) is 15.0. The SMILES string of the molecule is CCCCC(NCCCS(N)(=O)=O)c1ccc(F)cc1. The van der Waals surface area contributed by atoms with Gasteiger partial charge in [-0.05, 0) is 37.1 Å². The fraction of sp³-hybridized carbons (Fsp3) is 0.571. The van der Waals surface area contributed by atoms with Crippen LogP contribution < -0.4 is 10.5 Å². The standard InChI is InChI=1S/C14H23FN2O2S/c1-2-3-5-14(12-6-8-13(15)9-7-12)17-10-4-11-20(16,18)19/h6-9,14,17H,2-5,10-11H2,1H3,(H2,16,18,19). The first-order chi connectivity index (χ1) is 9.42. The van der Waals surface area contributed by atoms with Crippen LogP contribution in [0.25, 0.3) is 0 Å². The van der Waals surface area contributed by atoms with Gasteiger partial charge in [0, 0.05) is 6.04 Å². The van der Waals surface area contributed by atoms with E-state index in [1.165, 1.54) is 12.1 Å². The Kier molecular flexibility index (Phi) is 7.12. The van der Waals surface area contributed by atoms with Crippen LogP contribution in [0.3, 0.4) is 0 Å². The molecule has 0 aliphatic carbocycles. The topological polar surface area (TPSA) is 72.2 Å². The van der Waals surface area contributed by atoms with E-state index in [9.17, 15) is 12.8 Å². The van der Waals surface area contributed by atoms with E-state index < -0.39 is 10.0 Å². The number of sulfonamides is 1. The average molecular weight is 302 g/mol. The highest BCUT2D eigenvalue weighted by Crippen LogP contribution is 2.19. The minimum Gasteiger partial charge on any atom is -0.310 e. The summed E-state index contributed by atoms with van der Waals surface area (Å²) in [6, 6.07) is 6.54. The number of benzene rings is 1. The average Bonchev–Trinajstić information content (AvgIpc) is 2.38. The second-order valence-corrected chi connectivity index (χ2v) is 6.65. The number of nitrogens with two attached hydrogens (primary N) is 1. The predicted molar refractivity (Wildman–Crippen MR) is 79.3 cm³/mol. The van der Waals surface area contributed by atoms with Gasteiger partial charge in [-0.2, -0.15) is 0 Å². The fourth-order valence-corrected chi connectivity index (χ4v) is 2.59. The van der Waals surface area contributed by atoms with Crippen molar-refractivity contribution in [3.05, 3.63) is 35.6 Å². The predicted octanol–water partition coefficient (Wildman–Crippen LogP) is 2.33. The van der Waals surface area contributed by atoms with Gasteiger partial charge in [0.05, 0.1) is 5.75 Å². The number of hydrogen-bond donors (Lipinski definition) is 2. The van der Waals surface area contributed by atoms with E-state index in [1.807, 2.05) is 0 Å². The Morgan fingerprint density at radius 3 is 2.45 bits per heavy atom. The van der Waals surface area contributed by atoms with Gasteiger partial charge < -0.3 is 5.32 Å². The van der Waals surface area contributed by atoms with Crippen molar-refractivity contribution in [2.24, 2.45) is 5.14 Å². The van der Waals surface area contributed by atoms with E-state index in [1.54, 1.807) is 12.1 Å². The Morgan fingerprint density at radius 2 is 1.90 bits per heavy atom. The van der Waals surface area contributed by atoms with Crippen LogP contribution in [0.4, 0.5) is 4.39 Å². The lowest BCUT2D eigenvalue weighted by Crippen LogP contribution is -2.26. The number of rotatable bonds is 9. The smallest absolute Gasteiger partial charge is 0.209 e. The van der Waals surface area contributed by atoms with Gasteiger partial charge in [-0.25, -0.2) is 17.9 Å². The Balaban J connectivity index is 2.53. The van der Waals surface area contributed by atoms with Crippen molar-refractivity contribution in [3.8, 4) is 0 Å². The molecule has 3 N–H and O–H groups in total. The van der Waals surface area contributed by atoms with Crippen molar-refractivity contribution in [2.75, 3.05) is 12.3 Å². The lowest BCUT2D eigenvalue weighted by Gasteiger charge is -2.19. The number of hydrogen-bond acceptors (Lipinski definition) is 3. The van der Waals surface area contributed by atoms with Crippen LogP contribution in [0.5, 0.6) is 0 Å². The van der Waals surface area contributed by atoms with Crippen LogP contribution in [0.15, 0.2) is 24.3 Å². The summed E-state index contributed by atoms with van der Waals surface area (Å²) in [4.78, 5) is 0. The molecule has 114 valence electrons. The summed E-state index contributed by atoms with van der Waals surface area (Å²) in [5.41, 5.74) is 1.02. The molecule has 0 heterocycles. The first kappa shape index (κ1) is 17.1. The van der Waals surface area contributed by atoms with Crippen molar-refractivity contribution in [2.45, 2.75) is 38.6 Å². The summed E-state index contributed by atoms with van der Waals surface area (Å²) in [6.07, 6.45) is 3.56. The highest BCUT2D eigenvalue weighted by Gasteiger charge is 2.11. The second-order valence-electron chi connectivity index (χ2n) is 4.92. The third kappa shape index (κ3) is 6.98. The highest BCUT2D eigenvalue weighted by molar-refractivity contribution is 7.89. The number of primary sulfonamides is 1. The number of halogens is 1. The monoisotopic (exact) mass is 302 g/mol. The van der Waals surface area contributed by atoms with Gasteiger partial charge in [-0.15, -0.1) is 0 Å². The Hall–Kier alpha value is -0.980. The summed E-state index contributed by atoms with van der Waals surface area (Å²) < 4.78 is 34.7. The minimum atomic E-state index is -3.40. The summed E-state index contributed by atoms with van der Waals surface area (Å²) in [7, 11) is -3.40. The van der Waals surface area contributed by atoms with Crippen LogP contribution in [-0.2, 0) is 10.0 Å². The molecule has 6 heteroatoms. The Labute approximate surface area is 120 Å². The molecule has 1 aromatic carbocycles. The summed E-state index contributed by atoms with van der Waals surface area (Å²) in [6.45, 7) is 2.69. The van der Waals surface area contributed by atoms with Gasteiger partial charge >= 0.3 is 0 Å². The maximum Gasteiger partial charge on any atom is 0.209 e. The third-order valence-corrected chi connectivity index (χ3v) is 3.97. The van der Waals surface area contributed by atoms with E-state index >= 15 is 0 Å². The fourth-order valence-electron chi connectivity index (χ4n) is 2.04. The van der Waals surface area contributed by atoms with E-state index in [-0.39, 0.29) is 17.6 Å². The molecule has 20 heavy (non-hydrogen) atoms. The van der Waals surface area contributed by atoms with Gasteiger partial charge in [-0.1, -0.05) is 31.9 Å². The van der Waals surface area contributed by atoms with Crippen molar-refractivity contribution < 1.29 is 12.8 Å². The van der Waals surface area contributed by atoms with Gasteiger partial charge in [0.25, 0.3) is 0 Å². The maximum atomic E-state index is 12.9. The molecule has 0 bridgehead atoms. The Bertz CT molecular complexity index is 488. The molecule has 0 fully saturated rings. The third-order valence-electron chi connectivity index (χ3n) is 3.12. The zero-order valence-electron chi connectivity index (χ0n) is 11.8. The summed E-state index contributed by atoms with van der Waals surface area (Å²) in [5, 5.41) is 8.28. The van der Waals surface area contributed by atoms with Gasteiger partial charge in [0.1, 0.15) is 5.82 Å². The minimum absolute atomic E-state index is 0.0239. The molecular weight excluding hydrogens is 279 g/mol. The van der Waals surface area contributed by atoms with E-state index in [2.05, 4.69) is 12.2 Å². The molecule has 4 nitrogen and oxygen atoms in total. The first-order valence-corrected chi connectivity index (χ1v) is 8.63. The van der Waals surface area contributed by atoms with E-state index in [0.717, 1.165) is 24.8 Å².